The fourth-order valence-corrected chi connectivity index (χ4v) is 2.55. The van der Waals surface area contributed by atoms with Crippen molar-refractivity contribution in [2.45, 2.75) is 34.1 Å². The first-order valence-electron chi connectivity index (χ1n) is 6.02. The Morgan fingerprint density at radius 2 is 1.56 bits per heavy atom. The molecule has 0 fully saturated rings. The molecule has 0 heteroatoms. The summed E-state index contributed by atoms with van der Waals surface area (Å²) in [5.41, 5.74) is 7.57. The number of hydrogen-bond donors (Lipinski definition) is 0. The van der Waals surface area contributed by atoms with Crippen molar-refractivity contribution in [2.75, 3.05) is 0 Å². The van der Waals surface area contributed by atoms with Gasteiger partial charge in [0.05, 0.1) is 0 Å². The van der Waals surface area contributed by atoms with Crippen LogP contribution in [-0.4, -0.2) is 0 Å². The summed E-state index contributed by atoms with van der Waals surface area (Å²) in [5, 5.41) is 0. The lowest BCUT2D eigenvalue weighted by molar-refractivity contribution is 0.783. The second-order valence-corrected chi connectivity index (χ2v) is 4.84. The maximum absolute atomic E-state index is 2.33. The molecule has 0 spiro atoms. The molecule has 0 heterocycles. The van der Waals surface area contributed by atoms with Gasteiger partial charge in [0.1, 0.15) is 0 Å². The highest BCUT2D eigenvalue weighted by Crippen LogP contribution is 2.38. The molecule has 0 N–H and O–H groups in total. The maximum Gasteiger partial charge on any atom is -0.000923 e. The van der Waals surface area contributed by atoms with Crippen LogP contribution in [0, 0.1) is 5.92 Å². The standard InChI is InChI=1S/C16H20/c1-11-12(2)14(4)16(13(11)3)10-15-8-6-5-7-9-15/h5-9,13H,10H2,1-4H3. The van der Waals surface area contributed by atoms with Gasteiger partial charge < -0.3 is 0 Å². The summed E-state index contributed by atoms with van der Waals surface area (Å²) in [6, 6.07) is 10.8. The van der Waals surface area contributed by atoms with Crippen molar-refractivity contribution in [3.63, 3.8) is 0 Å². The van der Waals surface area contributed by atoms with Crippen LogP contribution in [0.3, 0.4) is 0 Å². The van der Waals surface area contributed by atoms with Crippen LogP contribution in [-0.2, 0) is 6.42 Å². The van der Waals surface area contributed by atoms with E-state index in [-0.39, 0.29) is 0 Å². The molecule has 2 rings (SSSR count). The first kappa shape index (κ1) is 11.2. The monoisotopic (exact) mass is 212 g/mol. The molecule has 0 aliphatic heterocycles. The summed E-state index contributed by atoms with van der Waals surface area (Å²) >= 11 is 0. The van der Waals surface area contributed by atoms with Crippen molar-refractivity contribution < 1.29 is 0 Å². The van der Waals surface area contributed by atoms with Crippen LogP contribution in [0.25, 0.3) is 0 Å². The highest BCUT2D eigenvalue weighted by atomic mass is 14.3. The lowest BCUT2D eigenvalue weighted by Crippen LogP contribution is -2.01. The zero-order valence-corrected chi connectivity index (χ0v) is 10.7. The third-order valence-corrected chi connectivity index (χ3v) is 4.05. The van der Waals surface area contributed by atoms with E-state index in [4.69, 9.17) is 0 Å². The molecule has 1 aromatic carbocycles. The van der Waals surface area contributed by atoms with Gasteiger partial charge in [-0.2, -0.15) is 0 Å². The number of benzene rings is 1. The summed E-state index contributed by atoms with van der Waals surface area (Å²) in [6.07, 6.45) is 1.10. The third-order valence-electron chi connectivity index (χ3n) is 4.05. The Balaban J connectivity index is 2.26. The molecular weight excluding hydrogens is 192 g/mol. The van der Waals surface area contributed by atoms with E-state index >= 15 is 0 Å². The zero-order valence-electron chi connectivity index (χ0n) is 10.7. The van der Waals surface area contributed by atoms with Crippen molar-refractivity contribution >= 4 is 0 Å². The van der Waals surface area contributed by atoms with E-state index in [1.54, 1.807) is 11.1 Å². The summed E-state index contributed by atoms with van der Waals surface area (Å²) in [5.74, 6) is 0.625. The second-order valence-electron chi connectivity index (χ2n) is 4.84. The fraction of sp³-hybridized carbons (Fsp3) is 0.375. The fourth-order valence-electron chi connectivity index (χ4n) is 2.55. The average molecular weight is 212 g/mol. The normalized spacial score (nSPS) is 20.9. The average Bonchev–Trinajstić information content (AvgIpc) is 2.48. The van der Waals surface area contributed by atoms with Crippen LogP contribution in [0.15, 0.2) is 52.6 Å². The van der Waals surface area contributed by atoms with Crippen LogP contribution in [0.5, 0.6) is 0 Å². The van der Waals surface area contributed by atoms with E-state index < -0.39 is 0 Å². The second kappa shape index (κ2) is 4.29. The Kier molecular flexibility index (Phi) is 3.00. The van der Waals surface area contributed by atoms with Gasteiger partial charge in [-0.25, -0.2) is 0 Å². The molecule has 1 unspecified atom stereocenters. The van der Waals surface area contributed by atoms with Crippen molar-refractivity contribution in [3.05, 3.63) is 58.2 Å². The van der Waals surface area contributed by atoms with Gasteiger partial charge in [0.2, 0.25) is 0 Å². The molecule has 0 saturated heterocycles. The summed E-state index contributed by atoms with van der Waals surface area (Å²) < 4.78 is 0. The topological polar surface area (TPSA) is 0 Å². The quantitative estimate of drug-likeness (QED) is 0.675. The Morgan fingerprint density at radius 3 is 2.06 bits per heavy atom. The van der Waals surface area contributed by atoms with Crippen molar-refractivity contribution in [1.29, 1.82) is 0 Å². The molecule has 0 saturated carbocycles. The largest absolute Gasteiger partial charge is 0.0632 e. The summed E-state index contributed by atoms with van der Waals surface area (Å²) in [7, 11) is 0. The Bertz CT molecular complexity index is 446. The van der Waals surface area contributed by atoms with Gasteiger partial charge >= 0.3 is 0 Å². The van der Waals surface area contributed by atoms with E-state index in [1.807, 2.05) is 0 Å². The highest BCUT2D eigenvalue weighted by Gasteiger charge is 2.22. The lowest BCUT2D eigenvalue weighted by Gasteiger charge is -2.12. The Morgan fingerprint density at radius 1 is 0.938 bits per heavy atom. The molecule has 0 aromatic heterocycles. The maximum atomic E-state index is 2.33. The Labute approximate surface area is 98.7 Å². The SMILES string of the molecule is CC1=C(C)C(C)C(Cc2ccccc2)=C1C. The summed E-state index contributed by atoms with van der Waals surface area (Å²) in [6.45, 7) is 9.11. The predicted octanol–water partition coefficient (Wildman–Crippen LogP) is 4.53. The highest BCUT2D eigenvalue weighted by molar-refractivity contribution is 5.48. The molecule has 0 nitrogen and oxygen atoms in total. The minimum absolute atomic E-state index is 0.625. The molecule has 0 radical (unpaired) electrons. The molecule has 1 aliphatic rings. The van der Waals surface area contributed by atoms with Crippen LogP contribution in [0.4, 0.5) is 0 Å². The van der Waals surface area contributed by atoms with E-state index in [1.165, 1.54) is 16.7 Å². The van der Waals surface area contributed by atoms with Gasteiger partial charge in [-0.15, -0.1) is 0 Å². The number of hydrogen-bond acceptors (Lipinski definition) is 0. The minimum atomic E-state index is 0.625. The van der Waals surface area contributed by atoms with Gasteiger partial charge in [0.15, 0.2) is 0 Å². The first-order chi connectivity index (χ1) is 7.61. The lowest BCUT2D eigenvalue weighted by atomic mass is 9.92. The van der Waals surface area contributed by atoms with Gasteiger partial charge in [0.25, 0.3) is 0 Å². The molecule has 16 heavy (non-hydrogen) atoms. The molecule has 0 bridgehead atoms. The first-order valence-corrected chi connectivity index (χ1v) is 6.02. The van der Waals surface area contributed by atoms with Crippen molar-refractivity contribution in [1.82, 2.24) is 0 Å². The third kappa shape index (κ3) is 1.84. The molecule has 1 aliphatic carbocycles. The minimum Gasteiger partial charge on any atom is -0.0632 e. The number of rotatable bonds is 2. The molecule has 0 amide bonds. The van der Waals surface area contributed by atoms with E-state index in [0.717, 1.165) is 6.42 Å². The van der Waals surface area contributed by atoms with Crippen LogP contribution in [0.1, 0.15) is 33.3 Å². The predicted molar refractivity (Wildman–Crippen MR) is 70.4 cm³/mol. The van der Waals surface area contributed by atoms with Crippen LogP contribution < -0.4 is 0 Å². The van der Waals surface area contributed by atoms with E-state index in [9.17, 15) is 0 Å². The van der Waals surface area contributed by atoms with E-state index in [0.29, 0.717) is 5.92 Å². The van der Waals surface area contributed by atoms with Gasteiger partial charge in [-0.1, -0.05) is 48.4 Å². The zero-order chi connectivity index (χ0) is 11.7. The summed E-state index contributed by atoms with van der Waals surface area (Å²) in [4.78, 5) is 0. The molecule has 1 aromatic rings. The number of allylic oxidation sites excluding steroid dienone is 4. The van der Waals surface area contributed by atoms with Crippen LogP contribution >= 0.6 is 0 Å². The van der Waals surface area contributed by atoms with Gasteiger partial charge in [-0.3, -0.25) is 0 Å². The van der Waals surface area contributed by atoms with Crippen LogP contribution in [0.2, 0.25) is 0 Å². The van der Waals surface area contributed by atoms with Crippen molar-refractivity contribution in [2.24, 2.45) is 5.92 Å². The smallest absolute Gasteiger partial charge is 0.000923 e. The molecular formula is C16H20. The molecule has 84 valence electrons. The van der Waals surface area contributed by atoms with E-state index in [2.05, 4.69) is 58.0 Å². The molecule has 1 atom stereocenters. The van der Waals surface area contributed by atoms with Crippen molar-refractivity contribution in [3.8, 4) is 0 Å². The Hall–Kier alpha value is -1.30. The van der Waals surface area contributed by atoms with Gasteiger partial charge in [-0.05, 0) is 49.8 Å². The van der Waals surface area contributed by atoms with Gasteiger partial charge in [0, 0.05) is 0 Å².